The van der Waals surface area contributed by atoms with E-state index in [0.29, 0.717) is 28.9 Å². The molecular formula is C39H23N5O. The number of hydrogen-bond donors (Lipinski definition) is 0. The minimum atomic E-state index is 0.364. The summed E-state index contributed by atoms with van der Waals surface area (Å²) in [6.45, 7) is 0. The minimum absolute atomic E-state index is 0.364. The summed E-state index contributed by atoms with van der Waals surface area (Å²) >= 11 is 0. The third kappa shape index (κ3) is 4.89. The zero-order valence-corrected chi connectivity index (χ0v) is 23.9. The molecule has 0 saturated carbocycles. The summed E-state index contributed by atoms with van der Waals surface area (Å²) in [5, 5.41) is 11.5. The molecule has 0 atom stereocenters. The van der Waals surface area contributed by atoms with Gasteiger partial charge in [0.25, 0.3) is 0 Å². The highest BCUT2D eigenvalue weighted by Crippen LogP contribution is 2.38. The first kappa shape index (κ1) is 26.2. The van der Waals surface area contributed by atoms with Crippen LogP contribution < -0.4 is 0 Å². The van der Waals surface area contributed by atoms with Crippen LogP contribution in [0.2, 0.25) is 0 Å². The van der Waals surface area contributed by atoms with Crippen molar-refractivity contribution >= 4 is 21.9 Å². The highest BCUT2D eigenvalue weighted by molar-refractivity contribution is 6.12. The van der Waals surface area contributed by atoms with Gasteiger partial charge in [0, 0.05) is 33.0 Å². The molecule has 6 nitrogen and oxygen atoms in total. The van der Waals surface area contributed by atoms with Crippen LogP contribution in [0.15, 0.2) is 144 Å². The number of nitrogens with zero attached hydrogens (tertiary/aromatic N) is 5. The van der Waals surface area contributed by atoms with Crippen molar-refractivity contribution in [2.75, 3.05) is 0 Å². The molecule has 3 aromatic heterocycles. The van der Waals surface area contributed by atoms with Crippen LogP contribution in [0.5, 0.6) is 0 Å². The number of furan rings is 1. The molecule has 8 rings (SSSR count). The predicted octanol–water partition coefficient (Wildman–Crippen LogP) is 9.37. The minimum Gasteiger partial charge on any atom is -0.456 e. The number of fused-ring (bicyclic) bond motifs is 3. The highest BCUT2D eigenvalue weighted by atomic mass is 16.3. The second kappa shape index (κ2) is 11.0. The summed E-state index contributed by atoms with van der Waals surface area (Å²) in [7, 11) is 0. The third-order valence-electron chi connectivity index (χ3n) is 7.79. The summed E-state index contributed by atoms with van der Waals surface area (Å²) in [5.41, 5.74) is 8.32. The van der Waals surface area contributed by atoms with Crippen molar-refractivity contribution in [2.24, 2.45) is 0 Å². The molecule has 0 saturated heterocycles. The molecule has 0 amide bonds. The van der Waals surface area contributed by atoms with Gasteiger partial charge in [-0.05, 0) is 47.5 Å². The Morgan fingerprint density at radius 1 is 0.467 bits per heavy atom. The van der Waals surface area contributed by atoms with Crippen LogP contribution in [0.25, 0.3) is 78.5 Å². The maximum atomic E-state index is 9.35. The van der Waals surface area contributed by atoms with E-state index >= 15 is 0 Å². The number of rotatable bonds is 5. The Kier molecular flexibility index (Phi) is 6.40. The number of aromatic nitrogens is 4. The van der Waals surface area contributed by atoms with E-state index in [1.54, 1.807) is 6.07 Å². The Hall–Kier alpha value is -6.45. The fourth-order valence-electron chi connectivity index (χ4n) is 5.65. The van der Waals surface area contributed by atoms with Gasteiger partial charge in [-0.25, -0.2) is 19.9 Å². The van der Waals surface area contributed by atoms with Gasteiger partial charge >= 0.3 is 0 Å². The first-order valence-corrected chi connectivity index (χ1v) is 14.5. The van der Waals surface area contributed by atoms with Crippen LogP contribution in [-0.2, 0) is 0 Å². The molecule has 0 aliphatic heterocycles. The number of pyridine rings is 1. The summed E-state index contributed by atoms with van der Waals surface area (Å²) in [4.78, 5) is 19.2. The first-order valence-electron chi connectivity index (χ1n) is 14.5. The Labute approximate surface area is 259 Å². The van der Waals surface area contributed by atoms with Gasteiger partial charge in [-0.3, -0.25) is 0 Å². The van der Waals surface area contributed by atoms with Gasteiger partial charge in [0.15, 0.2) is 17.5 Å². The number of hydrogen-bond acceptors (Lipinski definition) is 6. The molecule has 5 aromatic carbocycles. The van der Waals surface area contributed by atoms with E-state index in [1.807, 2.05) is 109 Å². The van der Waals surface area contributed by atoms with Crippen LogP contribution in [0.3, 0.4) is 0 Å². The second-order valence-electron chi connectivity index (χ2n) is 10.6. The van der Waals surface area contributed by atoms with Gasteiger partial charge in [0.1, 0.15) is 22.9 Å². The largest absolute Gasteiger partial charge is 0.456 e. The van der Waals surface area contributed by atoms with Gasteiger partial charge < -0.3 is 4.42 Å². The SMILES string of the molecule is N#Cc1cccc(-c2cccc(-c3nc(-c4ccccc4)nc(-c4ccc5c(c4)oc4cccc(-c6ccccc6)c45)n3)c2)n1. The highest BCUT2D eigenvalue weighted by Gasteiger charge is 2.17. The molecule has 6 heteroatoms. The van der Waals surface area contributed by atoms with E-state index < -0.39 is 0 Å². The van der Waals surface area contributed by atoms with Crippen LogP contribution >= 0.6 is 0 Å². The lowest BCUT2D eigenvalue weighted by molar-refractivity contribution is 0.669. The maximum absolute atomic E-state index is 9.35. The summed E-state index contributed by atoms with van der Waals surface area (Å²) in [6.07, 6.45) is 0. The van der Waals surface area contributed by atoms with Crippen LogP contribution in [0, 0.1) is 11.3 Å². The van der Waals surface area contributed by atoms with E-state index in [0.717, 1.165) is 55.3 Å². The standard InChI is InChI=1S/C39H23N5O/c40-24-30-16-8-18-33(41-30)27-14-7-15-28(22-27)38-42-37(26-12-5-2-6-13-26)43-39(44-38)29-20-21-32-35(23-29)45-34-19-9-17-31(36(32)34)25-10-3-1-4-11-25/h1-23H. The van der Waals surface area contributed by atoms with E-state index in [4.69, 9.17) is 19.4 Å². The maximum Gasteiger partial charge on any atom is 0.164 e. The fraction of sp³-hybridized carbons (Fsp3) is 0. The zero-order chi connectivity index (χ0) is 30.2. The molecule has 0 aliphatic rings. The van der Waals surface area contributed by atoms with Gasteiger partial charge in [0.05, 0.1) is 5.69 Å². The molecule has 0 N–H and O–H groups in total. The molecule has 0 bridgehead atoms. The fourth-order valence-corrected chi connectivity index (χ4v) is 5.65. The topological polar surface area (TPSA) is 88.5 Å². The van der Waals surface area contributed by atoms with Crippen molar-refractivity contribution in [3.05, 3.63) is 145 Å². The van der Waals surface area contributed by atoms with Crippen LogP contribution in [0.1, 0.15) is 5.69 Å². The lowest BCUT2D eigenvalue weighted by atomic mass is 9.99. The average molecular weight is 578 g/mol. The summed E-state index contributed by atoms with van der Waals surface area (Å²) < 4.78 is 6.39. The smallest absolute Gasteiger partial charge is 0.164 e. The molecular weight excluding hydrogens is 554 g/mol. The Morgan fingerprint density at radius 3 is 1.84 bits per heavy atom. The molecule has 0 aliphatic carbocycles. The quantitative estimate of drug-likeness (QED) is 0.202. The normalized spacial score (nSPS) is 11.1. The van der Waals surface area contributed by atoms with Crippen molar-refractivity contribution in [1.29, 1.82) is 5.26 Å². The van der Waals surface area contributed by atoms with Crippen LogP contribution in [0.4, 0.5) is 0 Å². The monoisotopic (exact) mass is 577 g/mol. The van der Waals surface area contributed by atoms with Gasteiger partial charge in [-0.1, -0.05) is 103 Å². The average Bonchev–Trinajstić information content (AvgIpc) is 3.50. The molecule has 0 fully saturated rings. The summed E-state index contributed by atoms with van der Waals surface area (Å²) in [6, 6.07) is 47.9. The Morgan fingerprint density at radius 2 is 1.09 bits per heavy atom. The van der Waals surface area contributed by atoms with E-state index in [9.17, 15) is 5.26 Å². The van der Waals surface area contributed by atoms with E-state index in [1.165, 1.54) is 0 Å². The second-order valence-corrected chi connectivity index (χ2v) is 10.6. The van der Waals surface area contributed by atoms with Crippen molar-refractivity contribution in [3.8, 4) is 62.6 Å². The van der Waals surface area contributed by atoms with E-state index in [-0.39, 0.29) is 0 Å². The number of benzene rings is 5. The molecule has 0 spiro atoms. The van der Waals surface area contributed by atoms with Gasteiger partial charge in [0.2, 0.25) is 0 Å². The molecule has 8 aromatic rings. The molecule has 45 heavy (non-hydrogen) atoms. The summed E-state index contributed by atoms with van der Waals surface area (Å²) in [5.74, 6) is 1.65. The predicted molar refractivity (Wildman–Crippen MR) is 177 cm³/mol. The van der Waals surface area contributed by atoms with Crippen LogP contribution in [-0.4, -0.2) is 19.9 Å². The van der Waals surface area contributed by atoms with Crippen molar-refractivity contribution in [2.45, 2.75) is 0 Å². The lowest BCUT2D eigenvalue weighted by Gasteiger charge is -2.09. The van der Waals surface area contributed by atoms with Gasteiger partial charge in [-0.15, -0.1) is 0 Å². The lowest BCUT2D eigenvalue weighted by Crippen LogP contribution is -2.00. The molecule has 210 valence electrons. The number of nitriles is 1. The van der Waals surface area contributed by atoms with Gasteiger partial charge in [-0.2, -0.15) is 5.26 Å². The molecule has 0 radical (unpaired) electrons. The Balaban J connectivity index is 1.28. The van der Waals surface area contributed by atoms with Crippen molar-refractivity contribution in [1.82, 2.24) is 19.9 Å². The first-order chi connectivity index (χ1) is 22.2. The Bertz CT molecular complexity index is 2390. The molecule has 0 unspecified atom stereocenters. The van der Waals surface area contributed by atoms with E-state index in [2.05, 4.69) is 35.3 Å². The van der Waals surface area contributed by atoms with Crippen molar-refractivity contribution in [3.63, 3.8) is 0 Å². The molecule has 3 heterocycles. The van der Waals surface area contributed by atoms with Crippen molar-refractivity contribution < 1.29 is 4.42 Å². The zero-order valence-electron chi connectivity index (χ0n) is 23.9. The third-order valence-corrected chi connectivity index (χ3v) is 7.79.